The lowest BCUT2D eigenvalue weighted by atomic mass is 10.2. The van der Waals surface area contributed by atoms with Gasteiger partial charge in [-0.2, -0.15) is 0 Å². The Bertz CT molecular complexity index is 746. The van der Waals surface area contributed by atoms with Gasteiger partial charge >= 0.3 is 0 Å². The highest BCUT2D eigenvalue weighted by Gasteiger charge is 2.22. The number of hydrogen-bond acceptors (Lipinski definition) is 4. The summed E-state index contributed by atoms with van der Waals surface area (Å²) in [5.41, 5.74) is 1.35. The highest BCUT2D eigenvalue weighted by Crippen LogP contribution is 2.32. The first-order valence-electron chi connectivity index (χ1n) is 8.63. The summed E-state index contributed by atoms with van der Waals surface area (Å²) in [7, 11) is 0. The van der Waals surface area contributed by atoms with Gasteiger partial charge in [-0.3, -0.25) is 9.69 Å². The molecule has 1 atom stereocenters. The molecule has 2 heterocycles. The highest BCUT2D eigenvalue weighted by molar-refractivity contribution is 7.09. The number of amides is 1. The van der Waals surface area contributed by atoms with E-state index < -0.39 is 0 Å². The molecule has 1 aromatic carbocycles. The number of carbonyl (C=O) groups excluding carboxylic acids is 1. The molecule has 0 aliphatic carbocycles. The van der Waals surface area contributed by atoms with Gasteiger partial charge in [-0.05, 0) is 42.8 Å². The van der Waals surface area contributed by atoms with Gasteiger partial charge in [0.25, 0.3) is 0 Å². The van der Waals surface area contributed by atoms with Crippen molar-refractivity contribution in [3.63, 3.8) is 0 Å². The average molecular weight is 413 g/mol. The molecule has 0 bridgehead atoms. The number of thiophene rings is 1. The van der Waals surface area contributed by atoms with Crippen LogP contribution in [0.2, 0.25) is 10.0 Å². The molecule has 1 amide bonds. The van der Waals surface area contributed by atoms with Crippen molar-refractivity contribution in [1.29, 1.82) is 0 Å². The zero-order chi connectivity index (χ0) is 18.5. The summed E-state index contributed by atoms with van der Waals surface area (Å²) in [6, 6.07) is 7.69. The van der Waals surface area contributed by atoms with E-state index in [4.69, 9.17) is 27.9 Å². The molecule has 26 heavy (non-hydrogen) atoms. The summed E-state index contributed by atoms with van der Waals surface area (Å²) in [5, 5.41) is 5.84. The van der Waals surface area contributed by atoms with Gasteiger partial charge in [0.2, 0.25) is 5.91 Å². The topological polar surface area (TPSA) is 41.6 Å². The smallest absolute Gasteiger partial charge is 0.238 e. The molecule has 0 spiro atoms. The first-order valence-corrected chi connectivity index (χ1v) is 10.3. The SMILES string of the molecule is Cc1ccc(Cl)c(NC(=O)CN(Cc2cccs2)C[C@H]2CCCO2)c1Cl. The summed E-state index contributed by atoms with van der Waals surface area (Å²) in [6.07, 6.45) is 2.31. The van der Waals surface area contributed by atoms with Crippen LogP contribution in [0, 0.1) is 6.92 Å². The fourth-order valence-corrected chi connectivity index (χ4v) is 4.25. The molecule has 7 heteroatoms. The van der Waals surface area contributed by atoms with Gasteiger partial charge in [-0.25, -0.2) is 0 Å². The summed E-state index contributed by atoms with van der Waals surface area (Å²) in [4.78, 5) is 16.0. The highest BCUT2D eigenvalue weighted by atomic mass is 35.5. The third-order valence-corrected chi connectivity index (χ3v) is 6.02. The van der Waals surface area contributed by atoms with E-state index >= 15 is 0 Å². The number of ether oxygens (including phenoxy) is 1. The van der Waals surface area contributed by atoms with Crippen LogP contribution in [0.4, 0.5) is 5.69 Å². The van der Waals surface area contributed by atoms with Crippen LogP contribution in [0.15, 0.2) is 29.6 Å². The van der Waals surface area contributed by atoms with E-state index in [1.807, 2.05) is 24.4 Å². The standard InChI is InChI=1S/C19H22Cl2N2O2S/c1-13-6-7-16(20)19(18(13)21)22-17(24)12-23(10-14-4-2-8-25-14)11-15-5-3-9-26-15/h3,5-7,9,14H,2,4,8,10-12H2,1H3,(H,22,24)/t14-/m1/s1. The third kappa shape index (κ3) is 5.21. The molecular formula is C19H22Cl2N2O2S. The summed E-state index contributed by atoms with van der Waals surface area (Å²) in [5.74, 6) is -0.131. The van der Waals surface area contributed by atoms with Crippen molar-refractivity contribution in [2.45, 2.75) is 32.4 Å². The Balaban J connectivity index is 1.67. The number of halogens is 2. The van der Waals surface area contributed by atoms with E-state index in [0.717, 1.165) is 38.1 Å². The van der Waals surface area contributed by atoms with Crippen LogP contribution in [0.5, 0.6) is 0 Å². The number of benzene rings is 1. The lowest BCUT2D eigenvalue weighted by Gasteiger charge is -2.24. The van der Waals surface area contributed by atoms with Gasteiger partial charge in [0, 0.05) is 24.6 Å². The van der Waals surface area contributed by atoms with Crippen molar-refractivity contribution < 1.29 is 9.53 Å². The number of rotatable bonds is 7. The van der Waals surface area contributed by atoms with Gasteiger partial charge in [-0.1, -0.05) is 35.3 Å². The van der Waals surface area contributed by atoms with E-state index in [2.05, 4.69) is 16.3 Å². The molecule has 1 aliphatic heterocycles. The number of carbonyl (C=O) groups is 1. The molecule has 0 saturated carbocycles. The van der Waals surface area contributed by atoms with Crippen molar-refractivity contribution in [1.82, 2.24) is 4.90 Å². The molecule has 0 unspecified atom stereocenters. The van der Waals surface area contributed by atoms with Crippen LogP contribution in [-0.2, 0) is 16.1 Å². The Morgan fingerprint density at radius 1 is 1.38 bits per heavy atom. The van der Waals surface area contributed by atoms with Crippen LogP contribution in [-0.4, -0.2) is 36.6 Å². The van der Waals surface area contributed by atoms with E-state index in [9.17, 15) is 4.79 Å². The molecule has 2 aromatic rings. The minimum atomic E-state index is -0.131. The Labute approximate surface area is 168 Å². The molecule has 4 nitrogen and oxygen atoms in total. The quantitative estimate of drug-likeness (QED) is 0.696. The van der Waals surface area contributed by atoms with Crippen LogP contribution in [0.3, 0.4) is 0 Å². The second kappa shape index (κ2) is 9.20. The van der Waals surface area contributed by atoms with E-state index in [0.29, 0.717) is 15.7 Å². The molecule has 140 valence electrons. The number of nitrogens with zero attached hydrogens (tertiary/aromatic N) is 1. The van der Waals surface area contributed by atoms with Gasteiger partial charge in [-0.15, -0.1) is 11.3 Å². The second-order valence-electron chi connectivity index (χ2n) is 6.49. The van der Waals surface area contributed by atoms with Crippen LogP contribution >= 0.6 is 34.5 Å². The maximum Gasteiger partial charge on any atom is 0.238 e. The molecule has 1 fully saturated rings. The van der Waals surface area contributed by atoms with Gasteiger partial charge in [0.15, 0.2) is 0 Å². The summed E-state index contributed by atoms with van der Waals surface area (Å²) < 4.78 is 5.74. The monoisotopic (exact) mass is 412 g/mol. The molecule has 1 saturated heterocycles. The normalized spacial score (nSPS) is 17.0. The van der Waals surface area contributed by atoms with Crippen molar-refractivity contribution in [2.75, 3.05) is 25.0 Å². The number of nitrogens with one attached hydrogen (secondary N) is 1. The number of anilines is 1. The largest absolute Gasteiger partial charge is 0.377 e. The molecule has 1 aromatic heterocycles. The molecule has 3 rings (SSSR count). The Morgan fingerprint density at radius 2 is 2.23 bits per heavy atom. The van der Waals surface area contributed by atoms with Crippen LogP contribution in [0.1, 0.15) is 23.3 Å². The fraction of sp³-hybridized carbons (Fsp3) is 0.421. The lowest BCUT2D eigenvalue weighted by Crippen LogP contribution is -2.37. The molecule has 0 radical (unpaired) electrons. The van der Waals surface area contributed by atoms with Crippen molar-refractivity contribution in [3.8, 4) is 0 Å². The minimum Gasteiger partial charge on any atom is -0.377 e. The Morgan fingerprint density at radius 3 is 2.92 bits per heavy atom. The van der Waals surface area contributed by atoms with Gasteiger partial charge in [0.1, 0.15) is 0 Å². The predicted octanol–water partition coefficient (Wildman–Crippen LogP) is 4.98. The van der Waals surface area contributed by atoms with E-state index in [1.165, 1.54) is 4.88 Å². The van der Waals surface area contributed by atoms with Crippen molar-refractivity contribution in [2.24, 2.45) is 0 Å². The minimum absolute atomic E-state index is 0.131. The van der Waals surface area contributed by atoms with Crippen LogP contribution in [0.25, 0.3) is 0 Å². The maximum absolute atomic E-state index is 12.6. The zero-order valence-electron chi connectivity index (χ0n) is 14.6. The molecule has 1 aliphatic rings. The van der Waals surface area contributed by atoms with Crippen LogP contribution < -0.4 is 5.32 Å². The predicted molar refractivity (Wildman–Crippen MR) is 108 cm³/mol. The fourth-order valence-electron chi connectivity index (χ4n) is 3.04. The lowest BCUT2D eigenvalue weighted by molar-refractivity contribution is -0.117. The number of aryl methyl sites for hydroxylation is 1. The Kier molecular flexibility index (Phi) is 6.95. The maximum atomic E-state index is 12.6. The summed E-state index contributed by atoms with van der Waals surface area (Å²) in [6.45, 7) is 4.41. The third-order valence-electron chi connectivity index (χ3n) is 4.36. The first kappa shape index (κ1) is 19.6. The Hall–Kier alpha value is -1.11. The molecular weight excluding hydrogens is 391 g/mol. The van der Waals surface area contributed by atoms with Crippen molar-refractivity contribution in [3.05, 3.63) is 50.1 Å². The van der Waals surface area contributed by atoms with Crippen molar-refractivity contribution >= 4 is 46.1 Å². The second-order valence-corrected chi connectivity index (χ2v) is 8.30. The zero-order valence-corrected chi connectivity index (χ0v) is 17.0. The van der Waals surface area contributed by atoms with Gasteiger partial charge in [0.05, 0.1) is 28.4 Å². The van der Waals surface area contributed by atoms with E-state index in [-0.39, 0.29) is 18.6 Å². The molecule has 1 N–H and O–H groups in total. The number of hydrogen-bond donors (Lipinski definition) is 1. The average Bonchev–Trinajstić information content (AvgIpc) is 3.29. The summed E-state index contributed by atoms with van der Waals surface area (Å²) >= 11 is 14.2. The first-order chi connectivity index (χ1) is 12.5. The van der Waals surface area contributed by atoms with Gasteiger partial charge < -0.3 is 10.1 Å². The van der Waals surface area contributed by atoms with E-state index in [1.54, 1.807) is 17.4 Å².